The summed E-state index contributed by atoms with van der Waals surface area (Å²) in [5, 5.41) is 12.3. The van der Waals surface area contributed by atoms with Crippen LogP contribution in [0.2, 0.25) is 0 Å². The molecule has 3 N–H and O–H groups in total. The maximum atomic E-state index is 14.3. The number of carbonyl (C=O) groups is 2. The summed E-state index contributed by atoms with van der Waals surface area (Å²) in [6, 6.07) is 7.01. The van der Waals surface area contributed by atoms with Gasteiger partial charge in [0.2, 0.25) is 5.78 Å². The van der Waals surface area contributed by atoms with Gasteiger partial charge in [-0.25, -0.2) is 0 Å². The van der Waals surface area contributed by atoms with E-state index in [4.69, 9.17) is 19.9 Å². The second kappa shape index (κ2) is 9.02. The number of benzene rings is 1. The Kier molecular flexibility index (Phi) is 6.18. The van der Waals surface area contributed by atoms with Crippen LogP contribution in [0.1, 0.15) is 66.2 Å². The first-order valence-electron chi connectivity index (χ1n) is 14.5. The van der Waals surface area contributed by atoms with Crippen molar-refractivity contribution in [3.05, 3.63) is 48.1 Å². The average Bonchev–Trinajstić information content (AvgIpc) is 3.35. The number of ketones is 2. The van der Waals surface area contributed by atoms with Crippen LogP contribution in [0.3, 0.4) is 0 Å². The highest BCUT2D eigenvalue weighted by Crippen LogP contribution is 2.71. The number of nitrogen functional groups attached to an aromatic ring is 1. The van der Waals surface area contributed by atoms with Crippen LogP contribution < -0.4 is 10.5 Å². The normalized spacial score (nSPS) is 44.2. The van der Waals surface area contributed by atoms with Gasteiger partial charge in [-0.15, -0.1) is 0 Å². The summed E-state index contributed by atoms with van der Waals surface area (Å²) in [6.45, 7) is 8.15. The van der Waals surface area contributed by atoms with E-state index in [1.807, 2.05) is 13.0 Å². The Labute approximate surface area is 230 Å². The fourth-order valence-corrected chi connectivity index (χ4v) is 9.45. The van der Waals surface area contributed by atoms with Gasteiger partial charge in [0.1, 0.15) is 12.4 Å². The van der Waals surface area contributed by atoms with Crippen molar-refractivity contribution in [1.29, 1.82) is 0 Å². The zero-order valence-corrected chi connectivity index (χ0v) is 23.4. The fourth-order valence-electron chi connectivity index (χ4n) is 9.45. The topological polar surface area (TPSA) is 108 Å². The minimum Gasteiger partial charge on any atom is -0.486 e. The van der Waals surface area contributed by atoms with E-state index in [2.05, 4.69) is 20.8 Å². The van der Waals surface area contributed by atoms with E-state index in [0.717, 1.165) is 24.8 Å². The van der Waals surface area contributed by atoms with Gasteiger partial charge in [0.15, 0.2) is 17.7 Å². The van der Waals surface area contributed by atoms with E-state index in [1.54, 1.807) is 36.4 Å². The minimum absolute atomic E-state index is 0.0195. The molecule has 1 aromatic rings. The Bertz CT molecular complexity index is 1240. The molecule has 0 radical (unpaired) electrons. The molecular formula is C32H41NO6. The Morgan fingerprint density at radius 2 is 1.95 bits per heavy atom. The van der Waals surface area contributed by atoms with Crippen LogP contribution in [0.15, 0.2) is 48.1 Å². The van der Waals surface area contributed by atoms with Crippen LogP contribution in [0, 0.1) is 28.6 Å². The number of fused-ring (bicyclic) bond motifs is 7. The summed E-state index contributed by atoms with van der Waals surface area (Å²) in [7, 11) is 0. The SMILES string of the molecule is CCC[C@H]1O[C@@H]2C[C@H]3[C@@H]4CCC5=CC(=O)C=C[C@]5(C)C4[C@@](C)(O)C[C@]3(C)[C@]2(C(=O)COc2ccc(N)cc2)O1. The summed E-state index contributed by atoms with van der Waals surface area (Å²) in [5.74, 6) is 0.668. The number of allylic oxidation sites excluding steroid dienone is 4. The molecule has 0 spiro atoms. The smallest absolute Gasteiger partial charge is 0.205 e. The first-order valence-corrected chi connectivity index (χ1v) is 14.5. The van der Waals surface area contributed by atoms with Crippen molar-refractivity contribution in [2.24, 2.45) is 28.6 Å². The van der Waals surface area contributed by atoms with Crippen LogP contribution in [-0.4, -0.2) is 46.9 Å². The van der Waals surface area contributed by atoms with E-state index in [1.165, 1.54) is 0 Å². The van der Waals surface area contributed by atoms with Crippen LogP contribution >= 0.6 is 0 Å². The summed E-state index contributed by atoms with van der Waals surface area (Å²) in [6.07, 6.45) is 8.96. The summed E-state index contributed by atoms with van der Waals surface area (Å²) in [5.41, 5.74) is 4.23. The third kappa shape index (κ3) is 3.80. The Morgan fingerprint density at radius 3 is 2.67 bits per heavy atom. The summed E-state index contributed by atoms with van der Waals surface area (Å²) in [4.78, 5) is 26.5. The molecule has 1 heterocycles. The zero-order valence-electron chi connectivity index (χ0n) is 23.4. The molecule has 0 amide bonds. The molecule has 0 aromatic heterocycles. The molecule has 4 fully saturated rings. The minimum atomic E-state index is -1.20. The Hall–Kier alpha value is -2.48. The van der Waals surface area contributed by atoms with E-state index in [-0.39, 0.29) is 35.9 Å². The second-order valence-corrected chi connectivity index (χ2v) is 13.1. The van der Waals surface area contributed by atoms with E-state index in [9.17, 15) is 14.7 Å². The molecule has 39 heavy (non-hydrogen) atoms. The standard InChI is InChI=1S/C32H41NO6/c1-5-6-27-38-26-16-24-23-12-7-19-15-21(34)13-14-29(19,2)28(23)31(4,36)18-30(24,3)32(26,39-27)25(35)17-37-22-10-8-20(33)9-11-22/h8-11,13-15,23-24,26-28,36H,5-7,12,16-18,33H2,1-4H3/t23-,24-,26+,27-,28?,29-,30-,31-,32+/m0/s1. The number of rotatable bonds is 6. The van der Waals surface area contributed by atoms with Crippen LogP contribution in [0.4, 0.5) is 5.69 Å². The van der Waals surface area contributed by atoms with Gasteiger partial charge in [-0.2, -0.15) is 0 Å². The summed E-state index contributed by atoms with van der Waals surface area (Å²) >= 11 is 0. The van der Waals surface area contributed by atoms with Gasteiger partial charge in [-0.05, 0) is 87.3 Å². The summed E-state index contributed by atoms with van der Waals surface area (Å²) < 4.78 is 19.2. The Balaban J connectivity index is 1.37. The van der Waals surface area contributed by atoms with Gasteiger partial charge in [0.25, 0.3) is 0 Å². The molecule has 0 bridgehead atoms. The largest absolute Gasteiger partial charge is 0.486 e. The molecule has 1 aliphatic heterocycles. The van der Waals surface area contributed by atoms with E-state index < -0.39 is 34.4 Å². The molecule has 4 aliphatic carbocycles. The maximum Gasteiger partial charge on any atom is 0.205 e. The second-order valence-electron chi connectivity index (χ2n) is 13.1. The van der Waals surface area contributed by atoms with Gasteiger partial charge in [0, 0.05) is 22.4 Å². The van der Waals surface area contributed by atoms with Crippen molar-refractivity contribution in [2.45, 2.75) is 89.8 Å². The quantitative estimate of drug-likeness (QED) is 0.505. The number of aliphatic hydroxyl groups is 1. The van der Waals surface area contributed by atoms with Crippen LogP contribution in [0.25, 0.3) is 0 Å². The number of carbonyl (C=O) groups excluding carboxylic acids is 2. The molecule has 7 nitrogen and oxygen atoms in total. The monoisotopic (exact) mass is 535 g/mol. The fraction of sp³-hybridized carbons (Fsp3) is 0.625. The highest BCUT2D eigenvalue weighted by Gasteiger charge is 2.77. The molecule has 9 atom stereocenters. The van der Waals surface area contributed by atoms with Crippen molar-refractivity contribution < 1.29 is 28.9 Å². The number of Topliss-reactive ketones (excluding diaryl/α,β-unsaturated/α-hetero) is 1. The molecule has 7 heteroatoms. The zero-order chi connectivity index (χ0) is 27.8. The average molecular weight is 536 g/mol. The number of nitrogens with two attached hydrogens (primary N) is 1. The van der Waals surface area contributed by atoms with Crippen molar-refractivity contribution in [3.8, 4) is 5.75 Å². The number of hydrogen-bond donors (Lipinski definition) is 2. The molecule has 5 aliphatic rings. The maximum absolute atomic E-state index is 14.3. The third-order valence-electron chi connectivity index (χ3n) is 10.7. The number of ether oxygens (including phenoxy) is 3. The predicted molar refractivity (Wildman–Crippen MR) is 147 cm³/mol. The van der Waals surface area contributed by atoms with Gasteiger partial charge < -0.3 is 25.1 Å². The molecule has 1 aromatic carbocycles. The van der Waals surface area contributed by atoms with Crippen LogP contribution in [-0.2, 0) is 19.1 Å². The lowest BCUT2D eigenvalue weighted by Gasteiger charge is -2.63. The first-order chi connectivity index (χ1) is 18.4. The first kappa shape index (κ1) is 26.7. The van der Waals surface area contributed by atoms with Gasteiger partial charge >= 0.3 is 0 Å². The number of hydrogen-bond acceptors (Lipinski definition) is 7. The van der Waals surface area contributed by atoms with Crippen molar-refractivity contribution in [2.75, 3.05) is 12.3 Å². The Morgan fingerprint density at radius 1 is 1.21 bits per heavy atom. The van der Waals surface area contributed by atoms with E-state index in [0.29, 0.717) is 30.7 Å². The lowest BCUT2D eigenvalue weighted by atomic mass is 9.43. The highest BCUT2D eigenvalue weighted by atomic mass is 16.7. The third-order valence-corrected chi connectivity index (χ3v) is 10.7. The van der Waals surface area contributed by atoms with Gasteiger partial charge in [-0.3, -0.25) is 9.59 Å². The molecular weight excluding hydrogens is 494 g/mol. The van der Waals surface area contributed by atoms with Gasteiger partial charge in [0.05, 0.1) is 11.7 Å². The number of anilines is 1. The molecule has 3 saturated carbocycles. The lowest BCUT2D eigenvalue weighted by molar-refractivity contribution is -0.221. The van der Waals surface area contributed by atoms with E-state index >= 15 is 0 Å². The molecule has 6 rings (SSSR count). The predicted octanol–water partition coefficient (Wildman–Crippen LogP) is 4.78. The highest BCUT2D eigenvalue weighted by molar-refractivity contribution is 6.01. The van der Waals surface area contributed by atoms with Crippen molar-refractivity contribution in [1.82, 2.24) is 0 Å². The molecule has 1 unspecified atom stereocenters. The van der Waals surface area contributed by atoms with Crippen LogP contribution in [0.5, 0.6) is 5.75 Å². The van der Waals surface area contributed by atoms with Crippen molar-refractivity contribution in [3.63, 3.8) is 0 Å². The molecule has 1 saturated heterocycles. The lowest BCUT2D eigenvalue weighted by Crippen LogP contribution is -2.66. The molecule has 210 valence electrons. The van der Waals surface area contributed by atoms with Gasteiger partial charge in [-0.1, -0.05) is 38.8 Å². The van der Waals surface area contributed by atoms with Crippen molar-refractivity contribution >= 4 is 17.3 Å².